The first-order valence-corrected chi connectivity index (χ1v) is 23.1. The SMILES string of the molecule is CCCCCCCCCOC(=O)CCCCCCCOCC(COCCOCCOCCOCCO)OCCCCCCCC(=O)OCCCCCCCCC. The highest BCUT2D eigenvalue weighted by molar-refractivity contribution is 5.69. The van der Waals surface area contributed by atoms with Crippen LogP contribution in [-0.4, -0.2) is 116 Å². The zero-order chi connectivity index (χ0) is 40.7. The van der Waals surface area contributed by atoms with Crippen LogP contribution in [0.25, 0.3) is 0 Å². The zero-order valence-electron chi connectivity index (χ0n) is 36.4. The van der Waals surface area contributed by atoms with E-state index in [2.05, 4.69) is 13.8 Å². The minimum Gasteiger partial charge on any atom is -0.466 e. The van der Waals surface area contributed by atoms with E-state index in [9.17, 15) is 9.59 Å². The van der Waals surface area contributed by atoms with E-state index < -0.39 is 0 Å². The van der Waals surface area contributed by atoms with Crippen LogP contribution in [0.15, 0.2) is 0 Å². The van der Waals surface area contributed by atoms with Crippen molar-refractivity contribution in [2.75, 3.05) is 92.5 Å². The Kier molecular flexibility index (Phi) is 46.9. The molecule has 0 radical (unpaired) electrons. The Morgan fingerprint density at radius 2 is 0.714 bits per heavy atom. The highest BCUT2D eigenvalue weighted by Gasteiger charge is 2.11. The van der Waals surface area contributed by atoms with Crippen molar-refractivity contribution >= 4 is 11.9 Å². The van der Waals surface area contributed by atoms with Crippen LogP contribution in [0.3, 0.4) is 0 Å². The number of aliphatic hydroxyl groups excluding tert-OH is 1. The summed E-state index contributed by atoms with van der Waals surface area (Å²) in [6.45, 7) is 11.0. The molecule has 0 rings (SSSR count). The molecule has 0 saturated heterocycles. The van der Waals surface area contributed by atoms with Gasteiger partial charge in [-0.25, -0.2) is 0 Å². The predicted molar refractivity (Wildman–Crippen MR) is 224 cm³/mol. The summed E-state index contributed by atoms with van der Waals surface area (Å²) in [6, 6.07) is 0. The topological polar surface area (TPSA) is 128 Å². The molecule has 1 unspecified atom stereocenters. The zero-order valence-corrected chi connectivity index (χ0v) is 36.4. The Labute approximate surface area is 343 Å². The first-order chi connectivity index (χ1) is 27.6. The highest BCUT2D eigenvalue weighted by atomic mass is 16.6. The molecule has 0 aromatic rings. The van der Waals surface area contributed by atoms with Gasteiger partial charge in [0.15, 0.2) is 0 Å². The second-order valence-corrected chi connectivity index (χ2v) is 14.9. The molecule has 0 spiro atoms. The fourth-order valence-corrected chi connectivity index (χ4v) is 6.09. The third kappa shape index (κ3) is 45.4. The molecule has 0 amide bonds. The Balaban J connectivity index is 4.05. The van der Waals surface area contributed by atoms with Gasteiger partial charge in [-0.15, -0.1) is 0 Å². The molecule has 0 heterocycles. The number of carbonyl (C=O) groups is 2. The summed E-state index contributed by atoms with van der Waals surface area (Å²) in [7, 11) is 0. The second kappa shape index (κ2) is 48.0. The maximum atomic E-state index is 12.0. The minimum absolute atomic E-state index is 0.0163. The molecule has 0 saturated carbocycles. The van der Waals surface area contributed by atoms with Gasteiger partial charge in [0.2, 0.25) is 0 Å². The number of ether oxygens (including phenoxy) is 8. The van der Waals surface area contributed by atoms with Gasteiger partial charge in [-0.3, -0.25) is 9.59 Å². The van der Waals surface area contributed by atoms with Crippen molar-refractivity contribution in [3.05, 3.63) is 0 Å². The van der Waals surface area contributed by atoms with Crippen molar-refractivity contribution in [3.8, 4) is 0 Å². The van der Waals surface area contributed by atoms with E-state index in [1.54, 1.807) is 0 Å². The minimum atomic E-state index is -0.143. The van der Waals surface area contributed by atoms with Gasteiger partial charge in [-0.05, 0) is 38.5 Å². The quantitative estimate of drug-likeness (QED) is 0.0466. The molecule has 0 aliphatic heterocycles. The van der Waals surface area contributed by atoms with Crippen LogP contribution >= 0.6 is 0 Å². The lowest BCUT2D eigenvalue weighted by Crippen LogP contribution is -2.27. The van der Waals surface area contributed by atoms with Crippen LogP contribution in [0.1, 0.15) is 181 Å². The number of esters is 2. The standard InChI is InChI=1S/C45H88O11/c1-3-5-7-9-11-18-25-32-55-44(47)27-21-15-13-17-23-30-52-41-43(42-53-40-39-51-38-37-50-36-35-49-34-29-46)54-31-24-20-14-16-22-28-45(48)56-33-26-19-12-10-8-6-4-2/h43,46H,3-42H2,1-2H3. The summed E-state index contributed by atoms with van der Waals surface area (Å²) < 4.78 is 45.0. The van der Waals surface area contributed by atoms with Crippen molar-refractivity contribution < 1.29 is 52.6 Å². The van der Waals surface area contributed by atoms with Gasteiger partial charge in [-0.2, -0.15) is 0 Å². The third-order valence-corrected chi connectivity index (χ3v) is 9.53. The first kappa shape index (κ1) is 54.7. The van der Waals surface area contributed by atoms with Gasteiger partial charge < -0.3 is 43.0 Å². The monoisotopic (exact) mass is 805 g/mol. The summed E-state index contributed by atoms with van der Waals surface area (Å²) >= 11 is 0. The van der Waals surface area contributed by atoms with Gasteiger partial charge in [0.25, 0.3) is 0 Å². The Bertz CT molecular complexity index is 785. The fourth-order valence-electron chi connectivity index (χ4n) is 6.09. The average molecular weight is 805 g/mol. The number of rotatable bonds is 48. The second-order valence-electron chi connectivity index (χ2n) is 14.9. The molecule has 11 nitrogen and oxygen atoms in total. The van der Waals surface area contributed by atoms with Crippen LogP contribution in [0.5, 0.6) is 0 Å². The third-order valence-electron chi connectivity index (χ3n) is 9.53. The smallest absolute Gasteiger partial charge is 0.305 e. The molecule has 334 valence electrons. The van der Waals surface area contributed by atoms with Crippen molar-refractivity contribution in [2.24, 2.45) is 0 Å². The number of aliphatic hydroxyl groups is 1. The Morgan fingerprint density at radius 3 is 1.16 bits per heavy atom. The molecule has 0 aliphatic rings. The van der Waals surface area contributed by atoms with Gasteiger partial charge in [0, 0.05) is 26.1 Å². The van der Waals surface area contributed by atoms with E-state index in [-0.39, 0.29) is 24.6 Å². The van der Waals surface area contributed by atoms with E-state index in [1.807, 2.05) is 0 Å². The molecule has 0 aromatic carbocycles. The molecule has 0 fully saturated rings. The molecule has 1 atom stereocenters. The van der Waals surface area contributed by atoms with Crippen LogP contribution in [-0.2, 0) is 47.5 Å². The van der Waals surface area contributed by atoms with E-state index in [0.29, 0.717) is 98.7 Å². The molecule has 1 N–H and O–H groups in total. The van der Waals surface area contributed by atoms with Gasteiger partial charge in [0.1, 0.15) is 6.10 Å². The van der Waals surface area contributed by atoms with Crippen molar-refractivity contribution in [3.63, 3.8) is 0 Å². The highest BCUT2D eigenvalue weighted by Crippen LogP contribution is 2.11. The summed E-state index contributed by atoms with van der Waals surface area (Å²) in [4.78, 5) is 24.0. The molecule has 0 aromatic heterocycles. The lowest BCUT2D eigenvalue weighted by Gasteiger charge is -2.18. The molecular weight excluding hydrogens is 716 g/mol. The summed E-state index contributed by atoms with van der Waals surface area (Å²) in [5.41, 5.74) is 0. The van der Waals surface area contributed by atoms with Crippen LogP contribution in [0, 0.1) is 0 Å². The molecular formula is C45H88O11. The molecule has 0 aliphatic carbocycles. The van der Waals surface area contributed by atoms with Crippen LogP contribution in [0.4, 0.5) is 0 Å². The average Bonchev–Trinajstić information content (AvgIpc) is 3.20. The Morgan fingerprint density at radius 1 is 0.375 bits per heavy atom. The lowest BCUT2D eigenvalue weighted by atomic mass is 10.1. The first-order valence-electron chi connectivity index (χ1n) is 23.1. The van der Waals surface area contributed by atoms with E-state index in [4.69, 9.17) is 43.0 Å². The molecule has 11 heteroatoms. The maximum Gasteiger partial charge on any atom is 0.305 e. The fraction of sp³-hybridized carbons (Fsp3) is 0.956. The number of unbranched alkanes of at least 4 members (excludes halogenated alkanes) is 20. The number of hydrogen-bond donors (Lipinski definition) is 1. The van der Waals surface area contributed by atoms with E-state index in [0.717, 1.165) is 89.9 Å². The summed E-state index contributed by atoms with van der Waals surface area (Å²) in [5, 5.41) is 8.71. The lowest BCUT2D eigenvalue weighted by molar-refractivity contribution is -0.144. The van der Waals surface area contributed by atoms with Crippen LogP contribution < -0.4 is 0 Å². The van der Waals surface area contributed by atoms with E-state index in [1.165, 1.54) is 64.2 Å². The molecule has 0 bridgehead atoms. The maximum absolute atomic E-state index is 12.0. The normalized spacial score (nSPS) is 12.0. The van der Waals surface area contributed by atoms with Gasteiger partial charge in [-0.1, -0.05) is 129 Å². The van der Waals surface area contributed by atoms with Crippen molar-refractivity contribution in [2.45, 2.75) is 187 Å². The largest absolute Gasteiger partial charge is 0.466 e. The predicted octanol–water partition coefficient (Wildman–Crippen LogP) is 9.72. The Hall–Kier alpha value is -1.34. The summed E-state index contributed by atoms with van der Waals surface area (Å²) in [6.07, 6.45) is 28.0. The molecule has 56 heavy (non-hydrogen) atoms. The number of carbonyl (C=O) groups excluding carboxylic acids is 2. The number of hydrogen-bond acceptors (Lipinski definition) is 11. The van der Waals surface area contributed by atoms with Crippen LogP contribution in [0.2, 0.25) is 0 Å². The van der Waals surface area contributed by atoms with E-state index >= 15 is 0 Å². The van der Waals surface area contributed by atoms with Crippen molar-refractivity contribution in [1.82, 2.24) is 0 Å². The van der Waals surface area contributed by atoms with Gasteiger partial charge >= 0.3 is 11.9 Å². The van der Waals surface area contributed by atoms with Gasteiger partial charge in [0.05, 0.1) is 79.3 Å². The van der Waals surface area contributed by atoms with Crippen molar-refractivity contribution in [1.29, 1.82) is 0 Å². The summed E-state index contributed by atoms with van der Waals surface area (Å²) in [5.74, 6) is -0.122.